The van der Waals surface area contributed by atoms with E-state index >= 15 is 0 Å². The van der Waals surface area contributed by atoms with Gasteiger partial charge in [0.1, 0.15) is 6.33 Å². The van der Waals surface area contributed by atoms with E-state index in [1.54, 1.807) is 10.9 Å². The van der Waals surface area contributed by atoms with Crippen LogP contribution in [0, 0.1) is 0 Å². The van der Waals surface area contributed by atoms with Crippen molar-refractivity contribution >= 4 is 10.8 Å². The average Bonchev–Trinajstić information content (AvgIpc) is 3.08. The molecule has 1 atom stereocenters. The van der Waals surface area contributed by atoms with Gasteiger partial charge in [-0.15, -0.1) is 0 Å². The molecular weight excluding hydrogens is 316 g/mol. The zero-order chi connectivity index (χ0) is 17.2. The number of aromatic nitrogens is 3. The Hall–Kier alpha value is -2.44. The van der Waals surface area contributed by atoms with E-state index < -0.39 is 6.10 Å². The number of likely N-dealkylation sites (tertiary alicyclic amines) is 1. The van der Waals surface area contributed by atoms with Crippen molar-refractivity contribution in [3.8, 4) is 0 Å². The molecule has 130 valence electrons. The fourth-order valence-corrected chi connectivity index (χ4v) is 3.78. The van der Waals surface area contributed by atoms with Crippen LogP contribution in [-0.4, -0.2) is 44.4 Å². The predicted molar refractivity (Wildman–Crippen MR) is 96.5 cm³/mol. The Labute approximate surface area is 145 Å². The third-order valence-corrected chi connectivity index (χ3v) is 5.14. The van der Waals surface area contributed by atoms with Crippen LogP contribution >= 0.6 is 0 Å². The standard InChI is InChI=1S/C19H22N4O2/c24-18(17-7-3-5-14-4-1-2-6-16(14)17)12-22-10-8-15(9-11-22)23-13-20-21-19(23)25/h1-7,13,15,18,24H,8-12H2,(H,21,25)/t18-/m0/s1. The van der Waals surface area contributed by atoms with Crippen LogP contribution in [0.15, 0.2) is 53.6 Å². The lowest BCUT2D eigenvalue weighted by molar-refractivity contribution is 0.0910. The normalized spacial score (nSPS) is 17.8. The number of fused-ring (bicyclic) bond motifs is 1. The molecular formula is C19H22N4O2. The first-order chi connectivity index (χ1) is 12.2. The van der Waals surface area contributed by atoms with E-state index in [2.05, 4.69) is 33.3 Å². The van der Waals surface area contributed by atoms with Gasteiger partial charge in [0.2, 0.25) is 0 Å². The van der Waals surface area contributed by atoms with Gasteiger partial charge in [0, 0.05) is 25.7 Å². The second-order valence-corrected chi connectivity index (χ2v) is 6.68. The van der Waals surface area contributed by atoms with E-state index in [1.165, 1.54) is 0 Å². The van der Waals surface area contributed by atoms with E-state index in [0.29, 0.717) is 6.54 Å². The molecule has 0 aliphatic carbocycles. The van der Waals surface area contributed by atoms with Gasteiger partial charge in [-0.1, -0.05) is 42.5 Å². The van der Waals surface area contributed by atoms with Crippen molar-refractivity contribution in [2.75, 3.05) is 19.6 Å². The second-order valence-electron chi connectivity index (χ2n) is 6.68. The first kappa shape index (κ1) is 16.1. The maximum atomic E-state index is 11.7. The largest absolute Gasteiger partial charge is 0.387 e. The molecule has 25 heavy (non-hydrogen) atoms. The van der Waals surface area contributed by atoms with Crippen LogP contribution in [0.2, 0.25) is 0 Å². The minimum absolute atomic E-state index is 0.144. The van der Waals surface area contributed by atoms with Crippen LogP contribution < -0.4 is 5.69 Å². The molecule has 0 spiro atoms. The van der Waals surface area contributed by atoms with E-state index in [4.69, 9.17) is 0 Å². The maximum Gasteiger partial charge on any atom is 0.343 e. The van der Waals surface area contributed by atoms with Gasteiger partial charge >= 0.3 is 5.69 Å². The Morgan fingerprint density at radius 2 is 1.92 bits per heavy atom. The highest BCUT2D eigenvalue weighted by atomic mass is 16.3. The quantitative estimate of drug-likeness (QED) is 0.764. The number of β-amino-alcohol motifs (C(OH)–C–C–N with tert-alkyl or cyclic N) is 1. The van der Waals surface area contributed by atoms with Gasteiger partial charge in [0.15, 0.2) is 0 Å². The molecule has 1 fully saturated rings. The highest BCUT2D eigenvalue weighted by Crippen LogP contribution is 2.27. The summed E-state index contributed by atoms with van der Waals surface area (Å²) in [6.07, 6.45) is 2.84. The van der Waals surface area contributed by atoms with Crippen molar-refractivity contribution in [2.24, 2.45) is 0 Å². The summed E-state index contributed by atoms with van der Waals surface area (Å²) in [7, 11) is 0. The summed E-state index contributed by atoms with van der Waals surface area (Å²) >= 11 is 0. The average molecular weight is 338 g/mol. The molecule has 6 heteroatoms. The van der Waals surface area contributed by atoms with Crippen LogP contribution in [0.25, 0.3) is 10.8 Å². The van der Waals surface area contributed by atoms with Crippen molar-refractivity contribution < 1.29 is 5.11 Å². The van der Waals surface area contributed by atoms with E-state index in [9.17, 15) is 9.90 Å². The number of rotatable bonds is 4. The van der Waals surface area contributed by atoms with E-state index in [0.717, 1.165) is 42.3 Å². The number of piperidine rings is 1. The molecule has 0 saturated carbocycles. The van der Waals surface area contributed by atoms with Gasteiger partial charge in [-0.3, -0.25) is 4.57 Å². The molecule has 1 aliphatic rings. The highest BCUT2D eigenvalue weighted by Gasteiger charge is 2.24. The number of hydrogen-bond donors (Lipinski definition) is 2. The smallest absolute Gasteiger partial charge is 0.343 e. The Bertz CT molecular complexity index is 903. The number of nitrogens with one attached hydrogen (secondary N) is 1. The molecule has 0 radical (unpaired) electrons. The van der Waals surface area contributed by atoms with Crippen molar-refractivity contribution in [1.82, 2.24) is 19.7 Å². The molecule has 0 amide bonds. The molecule has 3 aromatic rings. The number of H-pyrrole nitrogens is 1. The molecule has 2 aromatic carbocycles. The number of aliphatic hydroxyl groups is 1. The van der Waals surface area contributed by atoms with E-state index in [1.807, 2.05) is 24.3 Å². The van der Waals surface area contributed by atoms with Crippen LogP contribution in [0.1, 0.15) is 30.6 Å². The van der Waals surface area contributed by atoms with Crippen molar-refractivity contribution in [1.29, 1.82) is 0 Å². The molecule has 6 nitrogen and oxygen atoms in total. The summed E-state index contributed by atoms with van der Waals surface area (Å²) in [5.41, 5.74) is 0.834. The molecule has 4 rings (SSSR count). The molecule has 1 aliphatic heterocycles. The first-order valence-electron chi connectivity index (χ1n) is 8.72. The van der Waals surface area contributed by atoms with Crippen molar-refractivity contribution in [3.63, 3.8) is 0 Å². The van der Waals surface area contributed by atoms with Crippen LogP contribution in [0.3, 0.4) is 0 Å². The summed E-state index contributed by atoms with van der Waals surface area (Å²) < 4.78 is 1.68. The number of nitrogens with zero attached hydrogens (tertiary/aromatic N) is 3. The van der Waals surface area contributed by atoms with Gasteiger partial charge < -0.3 is 10.0 Å². The number of aliphatic hydroxyl groups excluding tert-OH is 1. The third kappa shape index (κ3) is 3.23. The van der Waals surface area contributed by atoms with Crippen molar-refractivity contribution in [3.05, 3.63) is 64.8 Å². The van der Waals surface area contributed by atoms with Gasteiger partial charge in [0.25, 0.3) is 0 Å². The third-order valence-electron chi connectivity index (χ3n) is 5.14. The predicted octanol–water partition coefficient (Wildman–Crippen LogP) is 2.10. The Kier molecular flexibility index (Phi) is 4.38. The fraction of sp³-hybridized carbons (Fsp3) is 0.368. The molecule has 0 unspecified atom stereocenters. The topological polar surface area (TPSA) is 74.2 Å². The fourth-order valence-electron chi connectivity index (χ4n) is 3.78. The molecule has 1 saturated heterocycles. The summed E-state index contributed by atoms with van der Waals surface area (Å²) in [6.45, 7) is 2.34. The van der Waals surface area contributed by atoms with Gasteiger partial charge in [0.05, 0.1) is 6.10 Å². The van der Waals surface area contributed by atoms with Crippen LogP contribution in [0.4, 0.5) is 0 Å². The SMILES string of the molecule is O=c1[nH]ncn1C1CCN(C[C@H](O)c2cccc3ccccc23)CC1. The first-order valence-corrected chi connectivity index (χ1v) is 8.72. The van der Waals surface area contributed by atoms with Crippen LogP contribution in [0.5, 0.6) is 0 Å². The van der Waals surface area contributed by atoms with E-state index in [-0.39, 0.29) is 11.7 Å². The van der Waals surface area contributed by atoms with Gasteiger partial charge in [-0.2, -0.15) is 5.10 Å². The second kappa shape index (κ2) is 6.82. The number of hydrogen-bond acceptors (Lipinski definition) is 4. The highest BCUT2D eigenvalue weighted by molar-refractivity contribution is 5.85. The Morgan fingerprint density at radius 1 is 1.16 bits per heavy atom. The monoisotopic (exact) mass is 338 g/mol. The zero-order valence-electron chi connectivity index (χ0n) is 14.0. The zero-order valence-corrected chi connectivity index (χ0v) is 14.0. The molecule has 2 N–H and O–H groups in total. The van der Waals surface area contributed by atoms with Crippen LogP contribution in [-0.2, 0) is 0 Å². The summed E-state index contributed by atoms with van der Waals surface area (Å²) in [4.78, 5) is 14.0. The molecule has 2 heterocycles. The summed E-state index contributed by atoms with van der Waals surface area (Å²) in [6, 6.07) is 14.4. The lowest BCUT2D eigenvalue weighted by Crippen LogP contribution is -2.38. The lowest BCUT2D eigenvalue weighted by atomic mass is 9.99. The lowest BCUT2D eigenvalue weighted by Gasteiger charge is -2.33. The Balaban J connectivity index is 1.43. The maximum absolute atomic E-state index is 11.7. The summed E-state index contributed by atoms with van der Waals surface area (Å²) in [5.74, 6) is 0. The molecule has 1 aromatic heterocycles. The van der Waals surface area contributed by atoms with Crippen molar-refractivity contribution in [2.45, 2.75) is 25.0 Å². The minimum Gasteiger partial charge on any atom is -0.387 e. The minimum atomic E-state index is -0.515. The number of aromatic amines is 1. The Morgan fingerprint density at radius 3 is 2.68 bits per heavy atom. The molecule has 0 bridgehead atoms. The summed E-state index contributed by atoms with van der Waals surface area (Å²) in [5, 5.41) is 19.3. The van der Waals surface area contributed by atoms with Gasteiger partial charge in [-0.25, -0.2) is 9.89 Å². The van der Waals surface area contributed by atoms with Gasteiger partial charge in [-0.05, 0) is 29.2 Å². The number of benzene rings is 2.